The summed E-state index contributed by atoms with van der Waals surface area (Å²) in [6.07, 6.45) is 1.02. The van der Waals surface area contributed by atoms with Crippen molar-refractivity contribution in [1.82, 2.24) is 10.6 Å². The van der Waals surface area contributed by atoms with E-state index in [9.17, 15) is 10.1 Å². The maximum Gasteiger partial charge on any atom is 0.269 e. The van der Waals surface area contributed by atoms with Gasteiger partial charge >= 0.3 is 0 Å². The number of rotatable bonds is 11. The van der Waals surface area contributed by atoms with E-state index in [0.29, 0.717) is 18.0 Å². The van der Waals surface area contributed by atoms with E-state index < -0.39 is 4.92 Å². The van der Waals surface area contributed by atoms with E-state index in [4.69, 9.17) is 9.47 Å². The molecule has 2 aromatic carbocycles. The number of hydrogen-bond acceptors (Lipinski definition) is 6. The molecular weight excluding hydrogens is 414 g/mol. The standard InChI is InChI=1S/C19H24BrN3O4/c1-21-10-3-11-22-12-16-17(20)8-9-18(26-2)19(16)27-13-14-4-6-15(7-5-14)23(24)25/h4-9,21-22H,3,10-13H2,1-2H3. The van der Waals surface area contributed by atoms with Crippen molar-refractivity contribution >= 4 is 21.6 Å². The first kappa shape index (κ1) is 21.1. The molecule has 0 spiro atoms. The normalized spacial score (nSPS) is 10.6. The molecule has 2 aromatic rings. The Hall–Kier alpha value is -2.16. The van der Waals surface area contributed by atoms with Gasteiger partial charge in [0, 0.05) is 28.7 Å². The van der Waals surface area contributed by atoms with Crippen molar-refractivity contribution in [2.24, 2.45) is 0 Å². The quantitative estimate of drug-likeness (QED) is 0.317. The van der Waals surface area contributed by atoms with E-state index in [2.05, 4.69) is 26.6 Å². The highest BCUT2D eigenvalue weighted by molar-refractivity contribution is 9.10. The Kier molecular flexibility index (Phi) is 8.50. The van der Waals surface area contributed by atoms with Crippen LogP contribution in [0, 0.1) is 10.1 Å². The summed E-state index contributed by atoms with van der Waals surface area (Å²) in [5.74, 6) is 1.30. The fourth-order valence-electron chi connectivity index (χ4n) is 2.54. The zero-order valence-corrected chi connectivity index (χ0v) is 17.0. The predicted octanol–water partition coefficient (Wildman–Crippen LogP) is 3.64. The van der Waals surface area contributed by atoms with Gasteiger partial charge in [0.1, 0.15) is 6.61 Å². The third-order valence-electron chi connectivity index (χ3n) is 4.00. The lowest BCUT2D eigenvalue weighted by molar-refractivity contribution is -0.384. The number of halogens is 1. The zero-order chi connectivity index (χ0) is 19.6. The maximum atomic E-state index is 10.8. The number of nitro benzene ring substituents is 1. The molecule has 0 saturated carbocycles. The summed E-state index contributed by atoms with van der Waals surface area (Å²) in [5, 5.41) is 17.3. The largest absolute Gasteiger partial charge is 0.493 e. The fourth-order valence-corrected chi connectivity index (χ4v) is 2.99. The molecule has 0 fully saturated rings. The van der Waals surface area contributed by atoms with Crippen LogP contribution in [0.1, 0.15) is 17.5 Å². The first-order chi connectivity index (χ1) is 13.1. The van der Waals surface area contributed by atoms with Crippen molar-refractivity contribution in [1.29, 1.82) is 0 Å². The highest BCUT2D eigenvalue weighted by Gasteiger charge is 2.15. The lowest BCUT2D eigenvalue weighted by Gasteiger charge is -2.17. The molecule has 0 aliphatic carbocycles. The molecule has 0 aliphatic heterocycles. The average molecular weight is 438 g/mol. The van der Waals surface area contributed by atoms with Crippen LogP contribution in [-0.4, -0.2) is 32.2 Å². The first-order valence-electron chi connectivity index (χ1n) is 8.63. The molecule has 27 heavy (non-hydrogen) atoms. The van der Waals surface area contributed by atoms with Crippen LogP contribution in [0.4, 0.5) is 5.69 Å². The number of benzene rings is 2. The SMILES string of the molecule is CNCCCNCc1c(Br)ccc(OC)c1OCc1ccc([N+](=O)[O-])cc1. The van der Waals surface area contributed by atoms with Crippen molar-refractivity contribution in [2.75, 3.05) is 27.2 Å². The second-order valence-electron chi connectivity index (χ2n) is 5.90. The Morgan fingerprint density at radius 3 is 2.52 bits per heavy atom. The van der Waals surface area contributed by atoms with Crippen LogP contribution >= 0.6 is 15.9 Å². The molecule has 2 rings (SSSR count). The molecule has 2 N–H and O–H groups in total. The second kappa shape index (κ2) is 10.9. The Labute approximate surface area is 167 Å². The third kappa shape index (κ3) is 6.20. The average Bonchev–Trinajstić information content (AvgIpc) is 2.67. The molecule has 146 valence electrons. The molecule has 8 heteroatoms. The summed E-state index contributed by atoms with van der Waals surface area (Å²) in [6, 6.07) is 10.1. The minimum absolute atomic E-state index is 0.0604. The van der Waals surface area contributed by atoms with Crippen LogP contribution < -0.4 is 20.1 Å². The van der Waals surface area contributed by atoms with Gasteiger partial charge in [-0.1, -0.05) is 15.9 Å². The maximum absolute atomic E-state index is 10.8. The number of nitro groups is 1. The molecule has 0 saturated heterocycles. The number of nitrogens with zero attached hydrogens (tertiary/aromatic N) is 1. The molecule has 0 radical (unpaired) electrons. The van der Waals surface area contributed by atoms with E-state index >= 15 is 0 Å². The van der Waals surface area contributed by atoms with Crippen LogP contribution in [0.5, 0.6) is 11.5 Å². The van der Waals surface area contributed by atoms with Gasteiger partial charge in [-0.15, -0.1) is 0 Å². The highest BCUT2D eigenvalue weighted by Crippen LogP contribution is 2.36. The smallest absolute Gasteiger partial charge is 0.269 e. The summed E-state index contributed by atoms with van der Waals surface area (Å²) in [7, 11) is 3.54. The van der Waals surface area contributed by atoms with Gasteiger partial charge in [0.2, 0.25) is 0 Å². The van der Waals surface area contributed by atoms with Crippen LogP contribution in [0.15, 0.2) is 40.9 Å². The van der Waals surface area contributed by atoms with E-state index in [1.54, 1.807) is 19.2 Å². The van der Waals surface area contributed by atoms with Crippen LogP contribution in [-0.2, 0) is 13.2 Å². The van der Waals surface area contributed by atoms with Gasteiger partial charge in [-0.05, 0) is 56.4 Å². The van der Waals surface area contributed by atoms with Gasteiger partial charge in [0.25, 0.3) is 5.69 Å². The number of nitrogens with one attached hydrogen (secondary N) is 2. The molecule has 0 heterocycles. The minimum atomic E-state index is -0.417. The Bertz CT molecular complexity index is 753. The molecule has 0 bridgehead atoms. The fraction of sp³-hybridized carbons (Fsp3) is 0.368. The van der Waals surface area contributed by atoms with Crippen LogP contribution in [0.25, 0.3) is 0 Å². The Balaban J connectivity index is 2.10. The molecule has 0 aromatic heterocycles. The monoisotopic (exact) mass is 437 g/mol. The van der Waals surface area contributed by atoms with E-state index in [0.717, 1.165) is 35.1 Å². The third-order valence-corrected chi connectivity index (χ3v) is 4.74. The van der Waals surface area contributed by atoms with Crippen molar-refractivity contribution in [3.05, 3.63) is 62.1 Å². The first-order valence-corrected chi connectivity index (χ1v) is 9.43. The minimum Gasteiger partial charge on any atom is -0.493 e. The Morgan fingerprint density at radius 2 is 1.89 bits per heavy atom. The zero-order valence-electron chi connectivity index (χ0n) is 15.5. The summed E-state index contributed by atoms with van der Waals surface area (Å²) in [5.41, 5.74) is 1.88. The predicted molar refractivity (Wildman–Crippen MR) is 108 cm³/mol. The van der Waals surface area contributed by atoms with Gasteiger partial charge in [0.05, 0.1) is 12.0 Å². The highest BCUT2D eigenvalue weighted by atomic mass is 79.9. The topological polar surface area (TPSA) is 85.7 Å². The van der Waals surface area contributed by atoms with E-state index in [1.165, 1.54) is 12.1 Å². The van der Waals surface area contributed by atoms with Crippen LogP contribution in [0.2, 0.25) is 0 Å². The molecule has 0 amide bonds. The summed E-state index contributed by atoms with van der Waals surface area (Å²) in [6.45, 7) is 2.76. The molecule has 0 atom stereocenters. The molecular formula is C19H24BrN3O4. The number of non-ortho nitro benzene ring substituents is 1. The van der Waals surface area contributed by atoms with Gasteiger partial charge in [-0.3, -0.25) is 10.1 Å². The van der Waals surface area contributed by atoms with Gasteiger partial charge < -0.3 is 20.1 Å². The van der Waals surface area contributed by atoms with E-state index in [-0.39, 0.29) is 12.3 Å². The Morgan fingerprint density at radius 1 is 1.15 bits per heavy atom. The van der Waals surface area contributed by atoms with Gasteiger partial charge in [-0.2, -0.15) is 0 Å². The molecule has 7 nitrogen and oxygen atoms in total. The van der Waals surface area contributed by atoms with Crippen molar-refractivity contribution in [3.63, 3.8) is 0 Å². The van der Waals surface area contributed by atoms with Crippen LogP contribution in [0.3, 0.4) is 0 Å². The second-order valence-corrected chi connectivity index (χ2v) is 6.76. The van der Waals surface area contributed by atoms with Crippen molar-refractivity contribution in [2.45, 2.75) is 19.6 Å². The lowest BCUT2D eigenvalue weighted by Crippen LogP contribution is -2.20. The number of hydrogen-bond donors (Lipinski definition) is 2. The molecule has 0 unspecified atom stereocenters. The van der Waals surface area contributed by atoms with Crippen molar-refractivity contribution in [3.8, 4) is 11.5 Å². The number of ether oxygens (including phenoxy) is 2. The summed E-state index contributed by atoms with van der Waals surface area (Å²) >= 11 is 3.58. The molecule has 0 aliphatic rings. The van der Waals surface area contributed by atoms with E-state index in [1.807, 2.05) is 19.2 Å². The number of methoxy groups -OCH3 is 1. The summed E-state index contributed by atoms with van der Waals surface area (Å²) < 4.78 is 12.4. The van der Waals surface area contributed by atoms with Gasteiger partial charge in [0.15, 0.2) is 11.5 Å². The lowest BCUT2D eigenvalue weighted by atomic mass is 10.1. The summed E-state index contributed by atoms with van der Waals surface area (Å²) in [4.78, 5) is 10.3. The van der Waals surface area contributed by atoms with Gasteiger partial charge in [-0.25, -0.2) is 0 Å². The van der Waals surface area contributed by atoms with Crippen molar-refractivity contribution < 1.29 is 14.4 Å².